The topological polar surface area (TPSA) is 118 Å². The second-order valence-electron chi connectivity index (χ2n) is 9.79. The van der Waals surface area contributed by atoms with Gasteiger partial charge < -0.3 is 20.6 Å². The number of carbonyl (C=O) groups is 1. The van der Waals surface area contributed by atoms with Gasteiger partial charge >= 0.3 is 0 Å². The minimum Gasteiger partial charge on any atom is -0.348 e. The Bertz CT molecular complexity index is 1610. The van der Waals surface area contributed by atoms with Crippen LogP contribution in [-0.2, 0) is 6.54 Å². The number of pyridine rings is 1. The first kappa shape index (κ1) is 23.7. The van der Waals surface area contributed by atoms with Crippen LogP contribution >= 0.6 is 0 Å². The maximum absolute atomic E-state index is 13.6. The molecule has 1 aliphatic heterocycles. The number of H-pyrrole nitrogens is 1. The predicted molar refractivity (Wildman–Crippen MR) is 142 cm³/mol. The zero-order valence-corrected chi connectivity index (χ0v) is 21.1. The van der Waals surface area contributed by atoms with Gasteiger partial charge in [-0.15, -0.1) is 0 Å². The molecule has 0 radical (unpaired) electrons. The highest BCUT2D eigenvalue weighted by molar-refractivity contribution is 6.09. The van der Waals surface area contributed by atoms with Crippen LogP contribution in [-0.4, -0.2) is 15.5 Å². The molecule has 0 aliphatic carbocycles. The Hall–Kier alpha value is -4.04. The molecule has 0 saturated heterocycles. The summed E-state index contributed by atoms with van der Waals surface area (Å²) in [4.78, 5) is 28.9. The molecule has 4 N–H and O–H groups in total. The zero-order chi connectivity index (χ0) is 25.7. The highest BCUT2D eigenvalue weighted by Crippen LogP contribution is 2.38. The molecule has 1 atom stereocenters. The molecule has 2 aromatic carbocycles. The minimum atomic E-state index is -0.438. The Morgan fingerprint density at radius 3 is 2.61 bits per heavy atom. The molecule has 1 unspecified atom stereocenters. The maximum Gasteiger partial charge on any atom is 0.253 e. The highest BCUT2D eigenvalue weighted by Gasteiger charge is 2.21. The Labute approximate surface area is 209 Å². The predicted octanol–water partition coefficient (Wildman–Crippen LogP) is 5.49. The van der Waals surface area contributed by atoms with E-state index in [-0.39, 0.29) is 24.1 Å². The van der Waals surface area contributed by atoms with Gasteiger partial charge in [0, 0.05) is 52.1 Å². The first-order chi connectivity index (χ1) is 17.1. The Morgan fingerprint density at radius 2 is 1.89 bits per heavy atom. The summed E-state index contributed by atoms with van der Waals surface area (Å²) < 4.78 is 2.18. The van der Waals surface area contributed by atoms with Gasteiger partial charge in [0.15, 0.2) is 0 Å². The third-order valence-corrected chi connectivity index (χ3v) is 6.82. The summed E-state index contributed by atoms with van der Waals surface area (Å²) in [5.41, 5.74) is 14.0. The standard InChI is InChI=1S/C28H30N6O2/c1-14(2)34-13-16(4)25-21(27(35)30-12-22-15(3)8-17(5)31-28(22)36)9-19(11-24(25)34)18-6-7-20-23(10-18)32-33-26(20)29/h6-11,13-14,26H,12,29H2,1-5H3,(H,30,35)(H,31,36). The van der Waals surface area contributed by atoms with Crippen molar-refractivity contribution in [3.05, 3.63) is 86.5 Å². The van der Waals surface area contributed by atoms with E-state index in [1.165, 1.54) is 0 Å². The van der Waals surface area contributed by atoms with E-state index in [2.05, 4.69) is 51.2 Å². The number of nitrogens with two attached hydrogens (primary N) is 1. The number of fused-ring (bicyclic) bond motifs is 2. The van der Waals surface area contributed by atoms with Crippen molar-refractivity contribution in [1.82, 2.24) is 14.9 Å². The highest BCUT2D eigenvalue weighted by atomic mass is 16.1. The number of hydrogen-bond donors (Lipinski definition) is 3. The molecule has 184 valence electrons. The van der Waals surface area contributed by atoms with E-state index in [1.54, 1.807) is 0 Å². The second-order valence-corrected chi connectivity index (χ2v) is 9.79. The van der Waals surface area contributed by atoms with Gasteiger partial charge in [-0.3, -0.25) is 9.59 Å². The number of nitrogens with zero attached hydrogens (tertiary/aromatic N) is 3. The number of hydrogen-bond acceptors (Lipinski definition) is 5. The molecule has 2 aromatic heterocycles. The average molecular weight is 483 g/mol. The van der Waals surface area contributed by atoms with Crippen LogP contribution in [0.25, 0.3) is 22.0 Å². The molecule has 0 saturated carbocycles. The number of benzene rings is 2. The number of aromatic nitrogens is 2. The van der Waals surface area contributed by atoms with Crippen LogP contribution < -0.4 is 16.6 Å². The normalized spacial score (nSPS) is 14.6. The first-order valence-corrected chi connectivity index (χ1v) is 12.1. The largest absolute Gasteiger partial charge is 0.348 e. The van der Waals surface area contributed by atoms with Crippen LogP contribution in [0.4, 0.5) is 5.69 Å². The van der Waals surface area contributed by atoms with E-state index in [9.17, 15) is 9.59 Å². The fraction of sp³-hybridized carbons (Fsp3) is 0.286. The Morgan fingerprint density at radius 1 is 1.11 bits per heavy atom. The number of carbonyl (C=O) groups excluding carboxylic acids is 1. The number of rotatable bonds is 5. The average Bonchev–Trinajstić information content (AvgIpc) is 3.37. The number of nitrogens with one attached hydrogen (secondary N) is 2. The lowest BCUT2D eigenvalue weighted by Gasteiger charge is -2.14. The minimum absolute atomic E-state index is 0.146. The van der Waals surface area contributed by atoms with Crippen molar-refractivity contribution in [3.8, 4) is 11.1 Å². The lowest BCUT2D eigenvalue weighted by molar-refractivity contribution is 0.0952. The van der Waals surface area contributed by atoms with Gasteiger partial charge in [-0.2, -0.15) is 10.2 Å². The molecule has 0 bridgehead atoms. The number of aryl methyl sites for hydroxylation is 3. The van der Waals surface area contributed by atoms with Gasteiger partial charge in [-0.25, -0.2) is 0 Å². The van der Waals surface area contributed by atoms with Crippen molar-refractivity contribution in [1.29, 1.82) is 0 Å². The molecule has 36 heavy (non-hydrogen) atoms. The Kier molecular flexibility index (Phi) is 5.84. The summed E-state index contributed by atoms with van der Waals surface area (Å²) in [5, 5.41) is 12.1. The lowest BCUT2D eigenvalue weighted by atomic mass is 9.96. The van der Waals surface area contributed by atoms with Crippen molar-refractivity contribution >= 4 is 22.5 Å². The van der Waals surface area contributed by atoms with Gasteiger partial charge in [0.05, 0.1) is 5.69 Å². The van der Waals surface area contributed by atoms with E-state index >= 15 is 0 Å². The molecular formula is C28H30N6O2. The quantitative estimate of drug-likeness (QED) is 0.349. The van der Waals surface area contributed by atoms with Crippen LogP contribution in [0.3, 0.4) is 0 Å². The van der Waals surface area contributed by atoms with Crippen molar-refractivity contribution in [2.45, 2.75) is 53.4 Å². The van der Waals surface area contributed by atoms with Crippen molar-refractivity contribution in [3.63, 3.8) is 0 Å². The SMILES string of the molecule is Cc1cc(C)c(CNC(=O)c2cc(-c3ccc4c(c3)N=NC4N)cc3c2c(C)cn3C(C)C)c(=O)[nH]1. The molecule has 8 heteroatoms. The van der Waals surface area contributed by atoms with E-state index in [0.717, 1.165) is 50.1 Å². The number of aromatic amines is 1. The van der Waals surface area contributed by atoms with Crippen molar-refractivity contribution in [2.75, 3.05) is 0 Å². The molecular weight excluding hydrogens is 452 g/mol. The molecule has 8 nitrogen and oxygen atoms in total. The molecule has 0 spiro atoms. The van der Waals surface area contributed by atoms with Gasteiger partial charge in [-0.1, -0.05) is 12.1 Å². The Balaban J connectivity index is 1.60. The fourth-order valence-electron chi connectivity index (χ4n) is 4.97. The van der Waals surface area contributed by atoms with E-state index in [0.29, 0.717) is 11.1 Å². The molecule has 3 heterocycles. The molecule has 1 amide bonds. The first-order valence-electron chi connectivity index (χ1n) is 12.1. The van der Waals surface area contributed by atoms with Crippen LogP contribution in [0, 0.1) is 20.8 Å². The smallest absolute Gasteiger partial charge is 0.253 e. The summed E-state index contributed by atoms with van der Waals surface area (Å²) in [7, 11) is 0. The van der Waals surface area contributed by atoms with Crippen molar-refractivity contribution in [2.24, 2.45) is 16.0 Å². The van der Waals surface area contributed by atoms with Gasteiger partial charge in [0.1, 0.15) is 6.17 Å². The number of amides is 1. The summed E-state index contributed by atoms with van der Waals surface area (Å²) in [6.45, 7) is 10.1. The molecule has 5 rings (SSSR count). The lowest BCUT2D eigenvalue weighted by Crippen LogP contribution is -2.28. The maximum atomic E-state index is 13.6. The third-order valence-electron chi connectivity index (χ3n) is 6.82. The summed E-state index contributed by atoms with van der Waals surface area (Å²) >= 11 is 0. The van der Waals surface area contributed by atoms with Crippen LogP contribution in [0.5, 0.6) is 0 Å². The zero-order valence-electron chi connectivity index (χ0n) is 21.1. The summed E-state index contributed by atoms with van der Waals surface area (Å²) in [6, 6.07) is 12.0. The molecule has 4 aromatic rings. The van der Waals surface area contributed by atoms with Gasteiger partial charge in [0.2, 0.25) is 0 Å². The molecule has 0 fully saturated rings. The molecule has 1 aliphatic rings. The van der Waals surface area contributed by atoms with Crippen LogP contribution in [0.15, 0.2) is 57.6 Å². The van der Waals surface area contributed by atoms with E-state index in [4.69, 9.17) is 5.73 Å². The third kappa shape index (κ3) is 4.03. The number of azo groups is 1. The summed E-state index contributed by atoms with van der Waals surface area (Å²) in [6.07, 6.45) is 1.65. The van der Waals surface area contributed by atoms with Gasteiger partial charge in [0.25, 0.3) is 11.5 Å². The van der Waals surface area contributed by atoms with Crippen molar-refractivity contribution < 1.29 is 4.79 Å². The van der Waals surface area contributed by atoms with Crippen LogP contribution in [0.2, 0.25) is 0 Å². The van der Waals surface area contributed by atoms with E-state index < -0.39 is 6.17 Å². The second kappa shape index (κ2) is 8.87. The van der Waals surface area contributed by atoms with Crippen LogP contribution in [0.1, 0.15) is 64.4 Å². The monoisotopic (exact) mass is 482 g/mol. The van der Waals surface area contributed by atoms with E-state index in [1.807, 2.05) is 51.1 Å². The fourth-order valence-corrected chi connectivity index (χ4v) is 4.97. The van der Waals surface area contributed by atoms with Gasteiger partial charge in [-0.05, 0) is 81.1 Å². The summed E-state index contributed by atoms with van der Waals surface area (Å²) in [5.74, 6) is -0.228.